The Labute approximate surface area is 141 Å². The third-order valence-corrected chi connectivity index (χ3v) is 4.38. The monoisotopic (exact) mass is 307 g/mol. The fraction of sp³-hybridized carbons (Fsp3) is 0.364. The Morgan fingerprint density at radius 1 is 0.870 bits per heavy atom. The van der Waals surface area contributed by atoms with Gasteiger partial charge in [0.05, 0.1) is 0 Å². The molecule has 23 heavy (non-hydrogen) atoms. The van der Waals surface area contributed by atoms with Gasteiger partial charge in [-0.25, -0.2) is 0 Å². The zero-order valence-electron chi connectivity index (χ0n) is 14.9. The molecule has 0 aliphatic rings. The lowest BCUT2D eigenvalue weighted by atomic mass is 9.97. The Balaban J connectivity index is 2.10. The summed E-state index contributed by atoms with van der Waals surface area (Å²) in [5, 5.41) is 0. The van der Waals surface area contributed by atoms with Gasteiger partial charge in [-0.1, -0.05) is 61.2 Å². The predicted octanol–water partition coefficient (Wildman–Crippen LogP) is 5.41. The highest BCUT2D eigenvalue weighted by Gasteiger charge is 2.13. The van der Waals surface area contributed by atoms with E-state index in [-0.39, 0.29) is 0 Å². The van der Waals surface area contributed by atoms with Crippen molar-refractivity contribution < 1.29 is 0 Å². The first kappa shape index (κ1) is 17.5. The predicted molar refractivity (Wildman–Crippen MR) is 102 cm³/mol. The van der Waals surface area contributed by atoms with Gasteiger partial charge < -0.3 is 0 Å². The number of benzene rings is 2. The molecule has 0 heterocycles. The van der Waals surface area contributed by atoms with Crippen LogP contribution in [0.5, 0.6) is 0 Å². The van der Waals surface area contributed by atoms with E-state index >= 15 is 0 Å². The summed E-state index contributed by atoms with van der Waals surface area (Å²) in [4.78, 5) is 2.54. The van der Waals surface area contributed by atoms with Crippen molar-refractivity contribution in [2.45, 2.75) is 46.2 Å². The van der Waals surface area contributed by atoms with Crippen molar-refractivity contribution in [2.24, 2.45) is 0 Å². The summed E-state index contributed by atoms with van der Waals surface area (Å²) in [6.45, 7) is 14.5. The van der Waals surface area contributed by atoms with E-state index < -0.39 is 0 Å². The second-order valence-corrected chi connectivity index (χ2v) is 6.72. The molecule has 0 N–H and O–H groups in total. The van der Waals surface area contributed by atoms with Gasteiger partial charge in [-0.05, 0) is 56.4 Å². The van der Waals surface area contributed by atoms with E-state index in [1.807, 2.05) is 6.07 Å². The maximum absolute atomic E-state index is 4.28. The number of hydrogen-bond donors (Lipinski definition) is 0. The lowest BCUT2D eigenvalue weighted by Crippen LogP contribution is -2.38. The first-order valence-corrected chi connectivity index (χ1v) is 8.58. The molecule has 0 aliphatic carbocycles. The van der Waals surface area contributed by atoms with Crippen LogP contribution in [0.1, 0.15) is 44.4 Å². The minimum Gasteiger partial charge on any atom is -0.298 e. The van der Waals surface area contributed by atoms with Crippen LogP contribution < -0.4 is 0 Å². The number of hydrogen-bond acceptors (Lipinski definition) is 1. The largest absolute Gasteiger partial charge is 0.298 e. The summed E-state index contributed by atoms with van der Waals surface area (Å²) in [5.41, 5.74) is 4.88. The van der Waals surface area contributed by atoms with E-state index in [0.717, 1.165) is 18.5 Å². The zero-order chi connectivity index (χ0) is 16.8. The molecule has 0 fully saturated rings. The third-order valence-electron chi connectivity index (χ3n) is 4.38. The summed E-state index contributed by atoms with van der Waals surface area (Å²) in [6, 6.07) is 20.4. The summed E-state index contributed by atoms with van der Waals surface area (Å²) in [5.74, 6) is 0. The van der Waals surface area contributed by atoms with Gasteiger partial charge in [0.15, 0.2) is 0 Å². The molecule has 2 rings (SSSR count). The van der Waals surface area contributed by atoms with Crippen LogP contribution in [-0.2, 0) is 6.42 Å². The molecule has 0 aliphatic heterocycles. The molecule has 1 heteroatoms. The Morgan fingerprint density at radius 3 is 2.09 bits per heavy atom. The van der Waals surface area contributed by atoms with Crippen LogP contribution >= 0.6 is 0 Å². The van der Waals surface area contributed by atoms with E-state index in [2.05, 4.69) is 87.7 Å². The van der Waals surface area contributed by atoms with Crippen LogP contribution in [0.2, 0.25) is 0 Å². The fourth-order valence-electron chi connectivity index (χ4n) is 3.09. The molecular formula is C22H29N. The molecule has 0 aromatic heterocycles. The molecule has 0 saturated carbocycles. The van der Waals surface area contributed by atoms with Gasteiger partial charge in [-0.15, -0.1) is 0 Å². The van der Waals surface area contributed by atoms with Gasteiger partial charge in [0, 0.05) is 18.6 Å². The van der Waals surface area contributed by atoms with E-state index in [4.69, 9.17) is 0 Å². The van der Waals surface area contributed by atoms with Crippen LogP contribution in [0, 0.1) is 0 Å². The van der Waals surface area contributed by atoms with Crippen LogP contribution in [0.25, 0.3) is 5.57 Å². The molecule has 2 aromatic rings. The highest BCUT2D eigenvalue weighted by molar-refractivity contribution is 5.78. The quantitative estimate of drug-likeness (QED) is 0.661. The molecule has 1 nitrogen and oxygen atoms in total. The van der Waals surface area contributed by atoms with Crippen LogP contribution in [0.15, 0.2) is 61.2 Å². The first-order valence-electron chi connectivity index (χ1n) is 8.58. The Kier molecular flexibility index (Phi) is 6.18. The third kappa shape index (κ3) is 4.80. The summed E-state index contributed by atoms with van der Waals surface area (Å²) >= 11 is 0. The van der Waals surface area contributed by atoms with E-state index in [9.17, 15) is 0 Å². The van der Waals surface area contributed by atoms with Crippen molar-refractivity contribution in [2.75, 3.05) is 6.54 Å². The second kappa shape index (κ2) is 8.12. The van der Waals surface area contributed by atoms with Crippen molar-refractivity contribution in [1.82, 2.24) is 4.90 Å². The number of rotatable bonds is 7. The zero-order valence-corrected chi connectivity index (χ0v) is 14.9. The molecular weight excluding hydrogens is 278 g/mol. The van der Waals surface area contributed by atoms with Crippen LogP contribution in [-0.4, -0.2) is 23.5 Å². The standard InChI is InChI=1S/C22H29N/c1-17(2)23(18(3)4)15-14-20-10-9-13-22(16-20)19(5)21-11-7-6-8-12-21/h6-13,16-18H,5,14-15H2,1-4H3. The summed E-state index contributed by atoms with van der Waals surface area (Å²) in [6.07, 6.45) is 1.08. The average Bonchev–Trinajstić information content (AvgIpc) is 2.55. The van der Waals surface area contributed by atoms with E-state index in [0.29, 0.717) is 12.1 Å². The smallest absolute Gasteiger partial charge is 0.00414 e. The Bertz CT molecular complexity index is 617. The van der Waals surface area contributed by atoms with E-state index in [1.54, 1.807) is 0 Å². The van der Waals surface area contributed by atoms with Crippen LogP contribution in [0.4, 0.5) is 0 Å². The Morgan fingerprint density at radius 2 is 1.48 bits per heavy atom. The van der Waals surface area contributed by atoms with Gasteiger partial charge in [-0.3, -0.25) is 4.90 Å². The first-order chi connectivity index (χ1) is 11.0. The average molecular weight is 307 g/mol. The normalized spacial score (nSPS) is 11.4. The van der Waals surface area contributed by atoms with Gasteiger partial charge in [-0.2, -0.15) is 0 Å². The molecule has 0 radical (unpaired) electrons. The van der Waals surface area contributed by atoms with Crippen molar-refractivity contribution in [1.29, 1.82) is 0 Å². The van der Waals surface area contributed by atoms with Gasteiger partial charge >= 0.3 is 0 Å². The lowest BCUT2D eigenvalue weighted by molar-refractivity contribution is 0.177. The van der Waals surface area contributed by atoms with Crippen molar-refractivity contribution in [3.8, 4) is 0 Å². The van der Waals surface area contributed by atoms with Crippen molar-refractivity contribution >= 4 is 5.57 Å². The molecule has 0 saturated heterocycles. The van der Waals surface area contributed by atoms with Gasteiger partial charge in [0.25, 0.3) is 0 Å². The minimum atomic E-state index is 0.581. The molecule has 122 valence electrons. The number of nitrogens with zero attached hydrogens (tertiary/aromatic N) is 1. The summed E-state index contributed by atoms with van der Waals surface area (Å²) < 4.78 is 0. The second-order valence-electron chi connectivity index (χ2n) is 6.72. The molecule has 2 aromatic carbocycles. The van der Waals surface area contributed by atoms with Gasteiger partial charge in [0.1, 0.15) is 0 Å². The maximum atomic E-state index is 4.28. The molecule has 0 unspecified atom stereocenters. The van der Waals surface area contributed by atoms with Crippen molar-refractivity contribution in [3.05, 3.63) is 77.9 Å². The molecule has 0 amide bonds. The van der Waals surface area contributed by atoms with Crippen molar-refractivity contribution in [3.63, 3.8) is 0 Å². The highest BCUT2D eigenvalue weighted by atomic mass is 15.2. The van der Waals surface area contributed by atoms with Crippen LogP contribution in [0.3, 0.4) is 0 Å². The molecule has 0 spiro atoms. The molecule has 0 atom stereocenters. The SMILES string of the molecule is C=C(c1ccccc1)c1cccc(CCN(C(C)C)C(C)C)c1. The summed E-state index contributed by atoms with van der Waals surface area (Å²) in [7, 11) is 0. The molecule has 0 bridgehead atoms. The fourth-order valence-corrected chi connectivity index (χ4v) is 3.09. The topological polar surface area (TPSA) is 3.24 Å². The van der Waals surface area contributed by atoms with E-state index in [1.165, 1.54) is 16.7 Å². The Hall–Kier alpha value is -1.86. The van der Waals surface area contributed by atoms with Gasteiger partial charge in [0.2, 0.25) is 0 Å². The highest BCUT2D eigenvalue weighted by Crippen LogP contribution is 2.22. The lowest BCUT2D eigenvalue weighted by Gasteiger charge is -2.30. The minimum absolute atomic E-state index is 0.581. The maximum Gasteiger partial charge on any atom is 0.00414 e.